The average molecular weight is 569 g/mol. The van der Waals surface area contributed by atoms with Crippen LogP contribution in [0.15, 0.2) is 40.0 Å². The molecule has 8 heteroatoms. The number of rotatable bonds is 4. The zero-order valence-corrected chi connectivity index (χ0v) is 23.1. The fourth-order valence-corrected chi connectivity index (χ4v) is 7.89. The van der Waals surface area contributed by atoms with E-state index in [1.807, 2.05) is 30.3 Å². The summed E-state index contributed by atoms with van der Waals surface area (Å²) in [6.07, 6.45) is 5.74. The van der Waals surface area contributed by atoms with Crippen molar-refractivity contribution in [2.24, 2.45) is 17.0 Å². The van der Waals surface area contributed by atoms with Crippen LogP contribution in [0.3, 0.4) is 0 Å². The van der Waals surface area contributed by atoms with Crippen molar-refractivity contribution in [3.8, 4) is 11.5 Å². The Labute approximate surface area is 225 Å². The molecule has 2 aromatic rings. The van der Waals surface area contributed by atoms with Gasteiger partial charge < -0.3 is 24.3 Å². The van der Waals surface area contributed by atoms with Gasteiger partial charge in [0.15, 0.2) is 17.6 Å². The fraction of sp³-hybridized carbons (Fsp3) is 0.517. The summed E-state index contributed by atoms with van der Waals surface area (Å²) in [5.74, 6) is 0.0382. The van der Waals surface area contributed by atoms with Crippen LogP contribution in [0.1, 0.15) is 60.5 Å². The van der Waals surface area contributed by atoms with E-state index in [4.69, 9.17) is 14.3 Å². The number of halogens is 1. The Bertz CT molecular complexity index is 1260. The van der Waals surface area contributed by atoms with Gasteiger partial charge in [0.2, 0.25) is 0 Å². The summed E-state index contributed by atoms with van der Waals surface area (Å²) in [7, 11) is 5.20. The number of esters is 1. The quantitative estimate of drug-likeness (QED) is 0.516. The lowest BCUT2D eigenvalue weighted by molar-refractivity contribution is -0.146. The number of aromatic hydroxyl groups is 1. The highest BCUT2D eigenvalue weighted by atomic mass is 79.9. The summed E-state index contributed by atoms with van der Waals surface area (Å²) >= 11 is 3.48. The molecular formula is C29H33BrN2O5. The van der Waals surface area contributed by atoms with Crippen LogP contribution in [-0.2, 0) is 26.2 Å². The Balaban J connectivity index is 1.52. The van der Waals surface area contributed by atoms with Gasteiger partial charge >= 0.3 is 5.97 Å². The van der Waals surface area contributed by atoms with E-state index in [-0.39, 0.29) is 11.2 Å². The number of hydrogen-bond donors (Lipinski definition) is 1. The molecule has 4 aliphatic rings. The predicted octanol–water partition coefficient (Wildman–Crippen LogP) is 5.12. The monoisotopic (exact) mass is 568 g/mol. The molecule has 1 N–H and O–H groups in total. The molecule has 2 aromatic carbocycles. The number of carbonyl (C=O) groups excluding carboxylic acids is 1. The normalized spacial score (nSPS) is 30.5. The second-order valence-electron chi connectivity index (χ2n) is 10.9. The van der Waals surface area contributed by atoms with E-state index in [1.54, 1.807) is 7.11 Å². The minimum Gasteiger partial charge on any atom is -0.504 e. The van der Waals surface area contributed by atoms with Gasteiger partial charge in [-0.05, 0) is 69.0 Å². The number of methoxy groups -OCH3 is 2. The van der Waals surface area contributed by atoms with E-state index in [0.29, 0.717) is 23.4 Å². The summed E-state index contributed by atoms with van der Waals surface area (Å²) in [6, 6.07) is 9.92. The Kier molecular flexibility index (Phi) is 6.23. The maximum Gasteiger partial charge on any atom is 0.319 e. The molecule has 2 fully saturated rings. The smallest absolute Gasteiger partial charge is 0.319 e. The number of ether oxygens (including phenoxy) is 2. The van der Waals surface area contributed by atoms with E-state index >= 15 is 0 Å². The molecule has 7 nitrogen and oxygen atoms in total. The number of oxime groups is 1. The van der Waals surface area contributed by atoms with Crippen molar-refractivity contribution in [3.63, 3.8) is 0 Å². The lowest BCUT2D eigenvalue weighted by atomic mass is 9.51. The van der Waals surface area contributed by atoms with Gasteiger partial charge in [0.25, 0.3) is 0 Å². The third-order valence-corrected chi connectivity index (χ3v) is 9.87. The molecule has 3 unspecified atom stereocenters. The lowest BCUT2D eigenvalue weighted by Gasteiger charge is -2.58. The number of piperidine rings is 1. The van der Waals surface area contributed by atoms with Gasteiger partial charge in [-0.2, -0.15) is 0 Å². The van der Waals surface area contributed by atoms with Crippen molar-refractivity contribution < 1.29 is 24.2 Å². The van der Waals surface area contributed by atoms with Crippen molar-refractivity contribution >= 4 is 27.6 Å². The number of benzene rings is 2. The first-order valence-corrected chi connectivity index (χ1v) is 13.9. The molecule has 2 heterocycles. The Hall–Kier alpha value is -2.58. The molecule has 0 amide bonds. The van der Waals surface area contributed by atoms with Gasteiger partial charge in [-0.15, -0.1) is 0 Å². The first kappa shape index (κ1) is 24.7. The molecule has 2 bridgehead atoms. The fourth-order valence-electron chi connectivity index (χ4n) is 7.63. The number of nitrogens with zero attached hydrogens (tertiary/aromatic N) is 2. The zero-order valence-electron chi connectivity index (χ0n) is 21.5. The number of likely N-dealkylation sites (tertiary alicyclic amines) is 1. The second kappa shape index (κ2) is 9.31. The molecule has 196 valence electrons. The second-order valence-corrected chi connectivity index (χ2v) is 11.8. The van der Waals surface area contributed by atoms with Crippen molar-refractivity contribution in [3.05, 3.63) is 57.1 Å². The van der Waals surface area contributed by atoms with E-state index in [9.17, 15) is 9.90 Å². The maximum atomic E-state index is 13.2. The molecule has 37 heavy (non-hydrogen) atoms. The van der Waals surface area contributed by atoms with E-state index in [1.165, 1.54) is 20.0 Å². The Morgan fingerprint density at radius 2 is 2.00 bits per heavy atom. The highest BCUT2D eigenvalue weighted by Gasteiger charge is 2.56. The Morgan fingerprint density at radius 3 is 2.73 bits per heavy atom. The van der Waals surface area contributed by atoms with E-state index < -0.39 is 18.0 Å². The standard InChI is InChI=1S/C29H33BrN2O5/c1-32-13-12-29-11-5-4-6-20(29)21(32)14-18-19(15-22(35-2)26(33)24(18)29)27-23(28(34)36-3)25(31-37-27)16-7-9-17(30)10-8-16/h7-10,15,20-21,23,27,33H,4-6,11-14H2,1-3H3/t20?,21?,23-,27+,29?/m1/s1. The minimum atomic E-state index is -0.733. The van der Waals surface area contributed by atoms with Crippen molar-refractivity contribution in [2.75, 3.05) is 27.8 Å². The molecule has 2 aliphatic carbocycles. The molecule has 1 saturated carbocycles. The van der Waals surface area contributed by atoms with Gasteiger partial charge in [-0.1, -0.05) is 46.1 Å². The average Bonchev–Trinajstić information content (AvgIpc) is 3.35. The van der Waals surface area contributed by atoms with Crippen LogP contribution < -0.4 is 4.74 Å². The van der Waals surface area contributed by atoms with Crippen LogP contribution >= 0.6 is 15.9 Å². The molecule has 0 spiro atoms. The van der Waals surface area contributed by atoms with Gasteiger partial charge in [0.05, 0.1) is 14.2 Å². The topological polar surface area (TPSA) is 80.6 Å². The summed E-state index contributed by atoms with van der Waals surface area (Å²) in [4.78, 5) is 21.8. The molecule has 5 atom stereocenters. The Morgan fingerprint density at radius 1 is 1.22 bits per heavy atom. The number of phenolic OH excluding ortho intramolecular Hbond substituents is 1. The molecule has 2 aliphatic heterocycles. The van der Waals surface area contributed by atoms with Crippen LogP contribution in [-0.4, -0.2) is 55.5 Å². The third kappa shape index (κ3) is 3.70. The minimum absolute atomic E-state index is 0.0921. The molecule has 0 aromatic heterocycles. The SMILES string of the molecule is COC(=O)[C@@H]1C(c2ccc(Br)cc2)=NO[C@H]1c1cc(OC)c(O)c2c1CC1C3CCCCC23CCN1C. The predicted molar refractivity (Wildman–Crippen MR) is 143 cm³/mol. The van der Waals surface area contributed by atoms with Crippen molar-refractivity contribution in [1.82, 2.24) is 4.90 Å². The van der Waals surface area contributed by atoms with Gasteiger partial charge in [0.1, 0.15) is 11.6 Å². The van der Waals surface area contributed by atoms with Gasteiger partial charge in [-0.25, -0.2) is 0 Å². The van der Waals surface area contributed by atoms with E-state index in [2.05, 4.69) is 33.0 Å². The number of phenols is 1. The maximum absolute atomic E-state index is 13.2. The van der Waals surface area contributed by atoms with Gasteiger partial charge in [-0.3, -0.25) is 4.79 Å². The summed E-state index contributed by atoms with van der Waals surface area (Å²) in [5, 5.41) is 16.0. The van der Waals surface area contributed by atoms with Gasteiger partial charge in [0, 0.05) is 32.6 Å². The molecule has 0 radical (unpaired) electrons. The number of fused-ring (bicyclic) bond motifs is 1. The van der Waals surface area contributed by atoms with Crippen LogP contribution in [0.5, 0.6) is 11.5 Å². The number of carbonyl (C=O) groups is 1. The summed E-state index contributed by atoms with van der Waals surface area (Å²) in [5.41, 5.74) is 4.22. The molecular weight excluding hydrogens is 536 g/mol. The van der Waals surface area contributed by atoms with Crippen LogP contribution in [0.4, 0.5) is 0 Å². The van der Waals surface area contributed by atoms with Crippen LogP contribution in [0, 0.1) is 11.8 Å². The highest BCUT2D eigenvalue weighted by molar-refractivity contribution is 9.10. The highest BCUT2D eigenvalue weighted by Crippen LogP contribution is 2.60. The largest absolute Gasteiger partial charge is 0.504 e. The van der Waals surface area contributed by atoms with Crippen molar-refractivity contribution in [1.29, 1.82) is 0 Å². The van der Waals surface area contributed by atoms with Crippen LogP contribution in [0.2, 0.25) is 0 Å². The summed E-state index contributed by atoms with van der Waals surface area (Å²) in [6.45, 7) is 1.01. The van der Waals surface area contributed by atoms with Crippen molar-refractivity contribution in [2.45, 2.75) is 56.1 Å². The first-order valence-electron chi connectivity index (χ1n) is 13.1. The van der Waals surface area contributed by atoms with Crippen LogP contribution in [0.25, 0.3) is 0 Å². The zero-order chi connectivity index (χ0) is 25.9. The molecule has 1 saturated heterocycles. The number of likely N-dealkylation sites (N-methyl/N-ethyl adjacent to an activating group) is 1. The number of hydrogen-bond acceptors (Lipinski definition) is 7. The molecule has 6 rings (SSSR count). The third-order valence-electron chi connectivity index (χ3n) is 9.34. The lowest BCUT2D eigenvalue weighted by Crippen LogP contribution is -2.60. The summed E-state index contributed by atoms with van der Waals surface area (Å²) < 4.78 is 11.9. The first-order chi connectivity index (χ1) is 17.9. The van der Waals surface area contributed by atoms with E-state index in [0.717, 1.165) is 59.0 Å².